The monoisotopic (exact) mass is 590 g/mol. The summed E-state index contributed by atoms with van der Waals surface area (Å²) in [6, 6.07) is 11.2. The Bertz CT molecular complexity index is 1250. The van der Waals surface area contributed by atoms with Gasteiger partial charge in [0.15, 0.2) is 0 Å². The number of nitrogens with zero attached hydrogens (tertiary/aromatic N) is 1. The van der Waals surface area contributed by atoms with E-state index in [-0.39, 0.29) is 34.8 Å². The first-order chi connectivity index (χ1) is 20.3. The molecule has 1 aromatic carbocycles. The van der Waals surface area contributed by atoms with E-state index in [0.29, 0.717) is 44.1 Å². The average Bonchev–Trinajstić information content (AvgIpc) is 3.32. The Morgan fingerprint density at radius 3 is 2.47 bits per heavy atom. The molecule has 2 unspecified atom stereocenters. The van der Waals surface area contributed by atoms with E-state index >= 15 is 0 Å². The van der Waals surface area contributed by atoms with Crippen LogP contribution in [0.1, 0.15) is 79.2 Å². The van der Waals surface area contributed by atoms with Gasteiger partial charge in [0.25, 0.3) is 5.91 Å². The van der Waals surface area contributed by atoms with Crippen molar-refractivity contribution in [2.45, 2.75) is 104 Å². The van der Waals surface area contributed by atoms with Crippen molar-refractivity contribution in [1.29, 1.82) is 5.26 Å². The Morgan fingerprint density at radius 1 is 1.12 bits per heavy atom. The smallest absolute Gasteiger partial charge is 0.404 e. The second kappa shape index (κ2) is 13.6. The van der Waals surface area contributed by atoms with Gasteiger partial charge in [0.05, 0.1) is 17.6 Å². The summed E-state index contributed by atoms with van der Waals surface area (Å²) < 4.78 is 13.3. The SMILES string of the molecule is CC(=O)NC(CCCCNC(=O)C(C#N)=CC(C)C)C(=O)NC(Cc1ccccc1)B1O[C@@H]2C[C@@H]3C[C@@H](C3(C)C)[C@]2(C)O1. The maximum absolute atomic E-state index is 13.7. The first kappa shape index (κ1) is 32.8. The molecule has 0 spiro atoms. The molecular formula is C33H47BN4O5. The molecule has 4 fully saturated rings. The maximum atomic E-state index is 13.7. The summed E-state index contributed by atoms with van der Waals surface area (Å²) in [4.78, 5) is 38.0. The fourth-order valence-corrected chi connectivity index (χ4v) is 7.22. The van der Waals surface area contributed by atoms with Crippen molar-refractivity contribution in [2.24, 2.45) is 23.2 Å². The number of amides is 3. The van der Waals surface area contributed by atoms with E-state index in [1.54, 1.807) is 6.08 Å². The molecule has 3 aliphatic carbocycles. The van der Waals surface area contributed by atoms with Gasteiger partial charge in [-0.25, -0.2) is 0 Å². The molecular weight excluding hydrogens is 543 g/mol. The molecule has 3 amide bonds. The molecule has 6 atom stereocenters. The van der Waals surface area contributed by atoms with E-state index in [1.165, 1.54) is 6.92 Å². The first-order valence-corrected chi connectivity index (χ1v) is 15.7. The molecule has 232 valence electrons. The maximum Gasteiger partial charge on any atom is 0.482 e. The largest absolute Gasteiger partial charge is 0.482 e. The number of unbranched alkanes of at least 4 members (excludes halogenated alkanes) is 1. The normalized spacial score (nSPS) is 26.9. The molecule has 1 aliphatic heterocycles. The number of allylic oxidation sites excluding steroid dienone is 1. The highest BCUT2D eigenvalue weighted by Gasteiger charge is 2.68. The highest BCUT2D eigenvalue weighted by Crippen LogP contribution is 2.65. The van der Waals surface area contributed by atoms with Gasteiger partial charge in [0.2, 0.25) is 11.8 Å². The number of hydrogen-bond acceptors (Lipinski definition) is 6. The molecule has 5 rings (SSSR count). The zero-order valence-electron chi connectivity index (χ0n) is 26.4. The summed E-state index contributed by atoms with van der Waals surface area (Å²) in [6.45, 7) is 12.4. The van der Waals surface area contributed by atoms with Gasteiger partial charge < -0.3 is 25.3 Å². The Kier molecular flexibility index (Phi) is 10.4. The van der Waals surface area contributed by atoms with E-state index in [0.717, 1.165) is 18.4 Å². The molecule has 1 saturated heterocycles. The summed E-state index contributed by atoms with van der Waals surface area (Å²) in [7, 11) is -0.601. The van der Waals surface area contributed by atoms with Crippen molar-refractivity contribution in [3.05, 3.63) is 47.5 Å². The van der Waals surface area contributed by atoms with Crippen LogP contribution in [0.5, 0.6) is 0 Å². The number of hydrogen-bond donors (Lipinski definition) is 3. The minimum atomic E-state index is -0.743. The third kappa shape index (κ3) is 7.50. The number of nitrogens with one attached hydrogen (secondary N) is 3. The topological polar surface area (TPSA) is 130 Å². The third-order valence-electron chi connectivity index (χ3n) is 9.69. The lowest BCUT2D eigenvalue weighted by Crippen LogP contribution is -2.65. The average molecular weight is 591 g/mol. The lowest BCUT2D eigenvalue weighted by atomic mass is 9.43. The van der Waals surface area contributed by atoms with Crippen LogP contribution < -0.4 is 16.0 Å². The predicted molar refractivity (Wildman–Crippen MR) is 165 cm³/mol. The van der Waals surface area contributed by atoms with Crippen LogP contribution >= 0.6 is 0 Å². The van der Waals surface area contributed by atoms with Gasteiger partial charge in [0.1, 0.15) is 17.7 Å². The standard InChI is InChI=1S/C33H47BN4O5/c1-21(2)16-24(20-35)30(40)36-15-11-10-14-26(37-22(3)39)31(41)38-29(17-23-12-8-7-9-13-23)34-42-28-19-25-18-27(32(25,4)5)33(28,6)43-34/h7-9,12-13,16,21,25-29H,10-11,14-15,17-19H2,1-6H3,(H,36,40)(H,37,39)(H,38,41)/t25-,26?,27-,28+,29?,33-/m0/s1. The van der Waals surface area contributed by atoms with Crippen LogP contribution in [0.15, 0.2) is 42.0 Å². The van der Waals surface area contributed by atoms with E-state index in [1.807, 2.05) is 50.2 Å². The van der Waals surface area contributed by atoms with Crippen LogP contribution in [0.4, 0.5) is 0 Å². The van der Waals surface area contributed by atoms with Gasteiger partial charge in [-0.3, -0.25) is 14.4 Å². The van der Waals surface area contributed by atoms with Crippen molar-refractivity contribution in [2.75, 3.05) is 6.54 Å². The Hall–Kier alpha value is -3.16. The van der Waals surface area contributed by atoms with Crippen LogP contribution in [0.3, 0.4) is 0 Å². The number of rotatable bonds is 13. The van der Waals surface area contributed by atoms with Gasteiger partial charge in [-0.2, -0.15) is 5.26 Å². The second-order valence-corrected chi connectivity index (χ2v) is 13.6. The molecule has 0 aromatic heterocycles. The molecule has 9 nitrogen and oxygen atoms in total. The molecule has 43 heavy (non-hydrogen) atoms. The quantitative estimate of drug-likeness (QED) is 0.138. The van der Waals surface area contributed by atoms with Crippen molar-refractivity contribution in [3.8, 4) is 6.07 Å². The molecule has 0 radical (unpaired) electrons. The lowest BCUT2D eigenvalue weighted by molar-refractivity contribution is -0.199. The van der Waals surface area contributed by atoms with Crippen molar-refractivity contribution in [3.63, 3.8) is 0 Å². The van der Waals surface area contributed by atoms with Crippen LogP contribution in [0.2, 0.25) is 0 Å². The van der Waals surface area contributed by atoms with Crippen LogP contribution in [0.25, 0.3) is 0 Å². The third-order valence-corrected chi connectivity index (χ3v) is 9.69. The Balaban J connectivity index is 1.39. The highest BCUT2D eigenvalue weighted by molar-refractivity contribution is 6.48. The van der Waals surface area contributed by atoms with Crippen LogP contribution in [0, 0.1) is 34.5 Å². The molecule has 10 heteroatoms. The van der Waals surface area contributed by atoms with Gasteiger partial charge >= 0.3 is 7.12 Å². The highest BCUT2D eigenvalue weighted by atomic mass is 16.7. The van der Waals surface area contributed by atoms with Crippen LogP contribution in [-0.2, 0) is 30.1 Å². The van der Waals surface area contributed by atoms with Gasteiger partial charge in [-0.05, 0) is 74.2 Å². The molecule has 2 bridgehead atoms. The zero-order chi connectivity index (χ0) is 31.4. The van der Waals surface area contributed by atoms with E-state index in [2.05, 4.69) is 36.7 Å². The fourth-order valence-electron chi connectivity index (χ4n) is 7.22. The summed E-state index contributed by atoms with van der Waals surface area (Å²) in [6.07, 6.45) is 5.83. The minimum Gasteiger partial charge on any atom is -0.404 e. The Labute approximate surface area is 256 Å². The Morgan fingerprint density at radius 2 is 1.84 bits per heavy atom. The molecule has 1 aromatic rings. The summed E-state index contributed by atoms with van der Waals surface area (Å²) >= 11 is 0. The molecule has 3 saturated carbocycles. The van der Waals surface area contributed by atoms with E-state index in [4.69, 9.17) is 9.31 Å². The van der Waals surface area contributed by atoms with Gasteiger partial charge in [0, 0.05) is 13.5 Å². The van der Waals surface area contributed by atoms with Crippen LogP contribution in [-0.4, -0.2) is 55.1 Å². The van der Waals surface area contributed by atoms with Crippen molar-refractivity contribution in [1.82, 2.24) is 16.0 Å². The molecule has 1 heterocycles. The number of carbonyl (C=O) groups is 3. The van der Waals surface area contributed by atoms with Gasteiger partial charge in [-0.15, -0.1) is 0 Å². The van der Waals surface area contributed by atoms with E-state index in [9.17, 15) is 19.6 Å². The summed E-state index contributed by atoms with van der Waals surface area (Å²) in [5.41, 5.74) is 0.957. The minimum absolute atomic E-state index is 0.0114. The molecule has 4 aliphatic rings. The second-order valence-electron chi connectivity index (χ2n) is 13.6. The van der Waals surface area contributed by atoms with E-state index < -0.39 is 30.6 Å². The van der Waals surface area contributed by atoms with Gasteiger partial charge in [-0.1, -0.05) is 64.1 Å². The molecule has 3 N–H and O–H groups in total. The number of benzene rings is 1. The summed E-state index contributed by atoms with van der Waals surface area (Å²) in [5, 5.41) is 18.0. The van der Waals surface area contributed by atoms with Crippen molar-refractivity contribution < 1.29 is 23.7 Å². The zero-order valence-corrected chi connectivity index (χ0v) is 26.4. The predicted octanol–water partition coefficient (Wildman–Crippen LogP) is 3.88. The fraction of sp³-hybridized carbons (Fsp3) is 0.636. The van der Waals surface area contributed by atoms with Crippen molar-refractivity contribution >= 4 is 24.8 Å². The first-order valence-electron chi connectivity index (χ1n) is 15.7. The number of nitriles is 1. The lowest BCUT2D eigenvalue weighted by Gasteiger charge is -2.64. The summed E-state index contributed by atoms with van der Waals surface area (Å²) in [5.74, 6) is -0.310. The number of carbonyl (C=O) groups excluding carboxylic acids is 3.